The van der Waals surface area contributed by atoms with Crippen molar-refractivity contribution in [1.82, 2.24) is 10.2 Å². The van der Waals surface area contributed by atoms with E-state index in [1.807, 2.05) is 12.1 Å². The summed E-state index contributed by atoms with van der Waals surface area (Å²) >= 11 is 6.04. The van der Waals surface area contributed by atoms with Crippen molar-refractivity contribution in [2.45, 2.75) is 12.5 Å². The van der Waals surface area contributed by atoms with Gasteiger partial charge in [-0.05, 0) is 29.7 Å². The van der Waals surface area contributed by atoms with E-state index in [0.717, 1.165) is 37.6 Å². The summed E-state index contributed by atoms with van der Waals surface area (Å²) in [6.07, 6.45) is 1.04. The Hall–Kier alpha value is -1.35. The molecule has 2 aromatic carbocycles. The molecule has 110 valence electrons. The smallest absolute Gasteiger partial charge is 0.0406 e. The summed E-state index contributed by atoms with van der Waals surface area (Å²) in [5, 5.41) is 4.23. The molecular weight excluding hydrogens is 280 g/mol. The molecule has 1 aliphatic rings. The summed E-state index contributed by atoms with van der Waals surface area (Å²) in [6, 6.07) is 19.5. The van der Waals surface area contributed by atoms with Gasteiger partial charge >= 0.3 is 0 Å². The van der Waals surface area contributed by atoms with Gasteiger partial charge in [-0.2, -0.15) is 0 Å². The first-order chi connectivity index (χ1) is 10.3. The minimum Gasteiger partial charge on any atom is -0.314 e. The van der Waals surface area contributed by atoms with Gasteiger partial charge in [-0.15, -0.1) is 0 Å². The fourth-order valence-electron chi connectivity index (χ4n) is 2.97. The second kappa shape index (κ2) is 7.08. The molecule has 1 fully saturated rings. The zero-order valence-corrected chi connectivity index (χ0v) is 12.9. The number of piperazine rings is 1. The highest BCUT2D eigenvalue weighted by molar-refractivity contribution is 6.30. The third kappa shape index (κ3) is 3.85. The van der Waals surface area contributed by atoms with Crippen LogP contribution in [0.4, 0.5) is 0 Å². The number of nitrogens with one attached hydrogen (secondary N) is 1. The Morgan fingerprint density at radius 2 is 1.62 bits per heavy atom. The van der Waals surface area contributed by atoms with Crippen LogP contribution in [-0.4, -0.2) is 31.1 Å². The van der Waals surface area contributed by atoms with Gasteiger partial charge in [-0.1, -0.05) is 54.1 Å². The third-order valence-corrected chi connectivity index (χ3v) is 4.37. The van der Waals surface area contributed by atoms with Crippen LogP contribution >= 0.6 is 11.6 Å². The summed E-state index contributed by atoms with van der Waals surface area (Å²) in [6.45, 7) is 4.33. The van der Waals surface area contributed by atoms with E-state index in [2.05, 4.69) is 52.7 Å². The normalized spacial score (nSPS) is 17.6. The first-order valence-electron chi connectivity index (χ1n) is 7.57. The third-order valence-electron chi connectivity index (χ3n) is 4.12. The quantitative estimate of drug-likeness (QED) is 0.929. The van der Waals surface area contributed by atoms with E-state index in [-0.39, 0.29) is 0 Å². The van der Waals surface area contributed by atoms with Gasteiger partial charge in [-0.25, -0.2) is 0 Å². The highest BCUT2D eigenvalue weighted by Crippen LogP contribution is 2.26. The zero-order chi connectivity index (χ0) is 14.5. The molecule has 0 amide bonds. The van der Waals surface area contributed by atoms with Crippen molar-refractivity contribution in [3.05, 3.63) is 70.7 Å². The van der Waals surface area contributed by atoms with Crippen LogP contribution in [0.25, 0.3) is 0 Å². The van der Waals surface area contributed by atoms with E-state index in [0.29, 0.717) is 6.04 Å². The number of benzene rings is 2. The summed E-state index contributed by atoms with van der Waals surface area (Å²) in [5.74, 6) is 0. The highest BCUT2D eigenvalue weighted by atomic mass is 35.5. The van der Waals surface area contributed by atoms with Gasteiger partial charge in [0.2, 0.25) is 0 Å². The van der Waals surface area contributed by atoms with Gasteiger partial charge in [0.1, 0.15) is 0 Å². The molecule has 1 atom stereocenters. The number of hydrogen-bond acceptors (Lipinski definition) is 2. The number of rotatable bonds is 4. The van der Waals surface area contributed by atoms with Crippen molar-refractivity contribution >= 4 is 11.6 Å². The molecule has 21 heavy (non-hydrogen) atoms. The van der Waals surface area contributed by atoms with Crippen molar-refractivity contribution in [3.8, 4) is 0 Å². The van der Waals surface area contributed by atoms with Crippen molar-refractivity contribution in [2.75, 3.05) is 26.2 Å². The van der Waals surface area contributed by atoms with Gasteiger partial charge < -0.3 is 5.32 Å². The highest BCUT2D eigenvalue weighted by Gasteiger charge is 2.22. The zero-order valence-electron chi connectivity index (χ0n) is 12.1. The molecule has 1 N–H and O–H groups in total. The fraction of sp³-hybridized carbons (Fsp3) is 0.333. The number of nitrogens with zero attached hydrogens (tertiary/aromatic N) is 1. The maximum Gasteiger partial charge on any atom is 0.0406 e. The van der Waals surface area contributed by atoms with Crippen molar-refractivity contribution < 1.29 is 0 Å². The molecule has 1 saturated heterocycles. The molecule has 0 unspecified atom stereocenters. The fourth-order valence-corrected chi connectivity index (χ4v) is 3.10. The van der Waals surface area contributed by atoms with Crippen LogP contribution in [0.2, 0.25) is 5.02 Å². The Morgan fingerprint density at radius 3 is 2.29 bits per heavy atom. The maximum atomic E-state index is 6.04. The predicted octanol–water partition coefficient (Wildman–Crippen LogP) is 3.53. The summed E-state index contributed by atoms with van der Waals surface area (Å²) in [5.41, 5.74) is 2.74. The average molecular weight is 301 g/mol. The largest absolute Gasteiger partial charge is 0.314 e. The Kier molecular flexibility index (Phi) is 4.91. The molecule has 0 radical (unpaired) electrons. The van der Waals surface area contributed by atoms with E-state index in [1.54, 1.807) is 0 Å². The van der Waals surface area contributed by atoms with Gasteiger partial charge in [0.25, 0.3) is 0 Å². The second-order valence-corrected chi connectivity index (χ2v) is 5.98. The van der Waals surface area contributed by atoms with E-state index in [1.165, 1.54) is 11.1 Å². The Balaban J connectivity index is 1.84. The van der Waals surface area contributed by atoms with Crippen LogP contribution in [0.3, 0.4) is 0 Å². The van der Waals surface area contributed by atoms with Crippen LogP contribution < -0.4 is 5.32 Å². The standard InChI is InChI=1S/C18H21ClN2/c19-17-8-6-16(7-9-17)18(21-12-10-20-11-13-21)14-15-4-2-1-3-5-15/h1-9,18,20H,10-14H2/t18-/m1/s1. The molecular formula is C18H21ClN2. The van der Waals surface area contributed by atoms with Crippen LogP contribution in [0.5, 0.6) is 0 Å². The molecule has 2 aromatic rings. The van der Waals surface area contributed by atoms with E-state index < -0.39 is 0 Å². The lowest BCUT2D eigenvalue weighted by Gasteiger charge is -2.35. The van der Waals surface area contributed by atoms with Crippen LogP contribution in [0.1, 0.15) is 17.2 Å². The SMILES string of the molecule is Clc1ccc([C@@H](Cc2ccccc2)N2CCNCC2)cc1. The van der Waals surface area contributed by atoms with Gasteiger partial charge in [-0.3, -0.25) is 4.90 Å². The first kappa shape index (κ1) is 14.6. The summed E-state index contributed by atoms with van der Waals surface area (Å²) in [4.78, 5) is 2.58. The van der Waals surface area contributed by atoms with Crippen LogP contribution in [-0.2, 0) is 6.42 Å². The van der Waals surface area contributed by atoms with Crippen molar-refractivity contribution in [3.63, 3.8) is 0 Å². The molecule has 1 aliphatic heterocycles. The van der Waals surface area contributed by atoms with Crippen LogP contribution in [0, 0.1) is 0 Å². The number of halogens is 1. The molecule has 3 heteroatoms. The molecule has 1 heterocycles. The van der Waals surface area contributed by atoms with Crippen LogP contribution in [0.15, 0.2) is 54.6 Å². The molecule has 0 aromatic heterocycles. The van der Waals surface area contributed by atoms with Gasteiger partial charge in [0.05, 0.1) is 0 Å². The minimum atomic E-state index is 0.423. The van der Waals surface area contributed by atoms with Gasteiger partial charge in [0, 0.05) is 37.2 Å². The molecule has 0 spiro atoms. The Bertz CT molecular complexity index is 547. The lowest BCUT2D eigenvalue weighted by molar-refractivity contribution is 0.172. The minimum absolute atomic E-state index is 0.423. The monoisotopic (exact) mass is 300 g/mol. The Labute approximate surface area is 131 Å². The lowest BCUT2D eigenvalue weighted by atomic mass is 9.97. The maximum absolute atomic E-state index is 6.04. The van der Waals surface area contributed by atoms with E-state index in [9.17, 15) is 0 Å². The molecule has 2 nitrogen and oxygen atoms in total. The molecule has 0 bridgehead atoms. The van der Waals surface area contributed by atoms with E-state index >= 15 is 0 Å². The molecule has 3 rings (SSSR count). The van der Waals surface area contributed by atoms with E-state index in [4.69, 9.17) is 11.6 Å². The topological polar surface area (TPSA) is 15.3 Å². The summed E-state index contributed by atoms with van der Waals surface area (Å²) in [7, 11) is 0. The average Bonchev–Trinajstić information content (AvgIpc) is 2.55. The van der Waals surface area contributed by atoms with Crippen molar-refractivity contribution in [2.24, 2.45) is 0 Å². The predicted molar refractivity (Wildman–Crippen MR) is 88.8 cm³/mol. The molecule has 0 saturated carbocycles. The number of hydrogen-bond donors (Lipinski definition) is 1. The van der Waals surface area contributed by atoms with Crippen molar-refractivity contribution in [1.29, 1.82) is 0 Å². The Morgan fingerprint density at radius 1 is 0.952 bits per heavy atom. The first-order valence-corrected chi connectivity index (χ1v) is 7.95. The second-order valence-electron chi connectivity index (χ2n) is 5.54. The molecule has 0 aliphatic carbocycles. The van der Waals surface area contributed by atoms with Gasteiger partial charge in [0.15, 0.2) is 0 Å². The summed E-state index contributed by atoms with van der Waals surface area (Å²) < 4.78 is 0. The lowest BCUT2D eigenvalue weighted by Crippen LogP contribution is -2.45.